The molecule has 2 aromatic rings. The van der Waals surface area contributed by atoms with Gasteiger partial charge in [0, 0.05) is 30.9 Å². The van der Waals surface area contributed by atoms with Gasteiger partial charge in [-0.3, -0.25) is 14.6 Å². The van der Waals surface area contributed by atoms with Crippen LogP contribution in [0.25, 0.3) is 6.08 Å². The smallest absolute Gasteiger partial charge is 0.251 e. The van der Waals surface area contributed by atoms with Gasteiger partial charge in [-0.2, -0.15) is 0 Å². The number of hydrogen-bond acceptors (Lipinski definition) is 3. The molecule has 0 bridgehead atoms. The zero-order valence-corrected chi connectivity index (χ0v) is 12.0. The maximum atomic E-state index is 11.8. The summed E-state index contributed by atoms with van der Waals surface area (Å²) in [7, 11) is 0. The molecule has 0 atom stereocenters. The molecule has 0 unspecified atom stereocenters. The van der Waals surface area contributed by atoms with Crippen molar-refractivity contribution in [1.82, 2.24) is 15.6 Å². The molecule has 0 fully saturated rings. The highest BCUT2D eigenvalue weighted by Gasteiger charge is 2.03. The SMILES string of the molecule is O=C(/C=C/c1ccccn1)NCCNC(=O)c1ccccc1. The van der Waals surface area contributed by atoms with Crippen molar-refractivity contribution in [2.45, 2.75) is 0 Å². The molecule has 5 heteroatoms. The number of carbonyl (C=O) groups excluding carboxylic acids is 2. The molecule has 22 heavy (non-hydrogen) atoms. The zero-order valence-electron chi connectivity index (χ0n) is 12.0. The van der Waals surface area contributed by atoms with Crippen LogP contribution in [0.4, 0.5) is 0 Å². The molecule has 1 aromatic carbocycles. The molecular weight excluding hydrogens is 278 g/mol. The van der Waals surface area contributed by atoms with E-state index < -0.39 is 0 Å². The number of rotatable bonds is 6. The van der Waals surface area contributed by atoms with E-state index in [1.54, 1.807) is 36.5 Å². The minimum Gasteiger partial charge on any atom is -0.351 e. The van der Waals surface area contributed by atoms with Crippen LogP contribution in [-0.4, -0.2) is 29.9 Å². The van der Waals surface area contributed by atoms with E-state index in [1.807, 2.05) is 24.3 Å². The summed E-state index contributed by atoms with van der Waals surface area (Å²) in [5.74, 6) is -0.376. The molecule has 0 aliphatic carbocycles. The molecule has 2 N–H and O–H groups in total. The first-order valence-corrected chi connectivity index (χ1v) is 6.96. The summed E-state index contributed by atoms with van der Waals surface area (Å²) in [4.78, 5) is 27.4. The van der Waals surface area contributed by atoms with Gasteiger partial charge in [0.15, 0.2) is 0 Å². The van der Waals surface area contributed by atoms with E-state index in [-0.39, 0.29) is 11.8 Å². The van der Waals surface area contributed by atoms with E-state index in [0.29, 0.717) is 18.7 Å². The summed E-state index contributed by atoms with van der Waals surface area (Å²) in [5, 5.41) is 5.43. The van der Waals surface area contributed by atoms with Crippen LogP contribution in [0.3, 0.4) is 0 Å². The lowest BCUT2D eigenvalue weighted by atomic mass is 10.2. The van der Waals surface area contributed by atoms with Crippen LogP contribution in [0.5, 0.6) is 0 Å². The Morgan fingerprint density at radius 3 is 2.41 bits per heavy atom. The summed E-state index contributed by atoms with van der Waals surface area (Å²) >= 11 is 0. The Morgan fingerprint density at radius 2 is 1.68 bits per heavy atom. The van der Waals surface area contributed by atoms with Crippen molar-refractivity contribution in [3.8, 4) is 0 Å². The maximum Gasteiger partial charge on any atom is 0.251 e. The van der Waals surface area contributed by atoms with Gasteiger partial charge in [-0.25, -0.2) is 0 Å². The fraction of sp³-hybridized carbons (Fsp3) is 0.118. The van der Waals surface area contributed by atoms with Crippen molar-refractivity contribution < 1.29 is 9.59 Å². The highest BCUT2D eigenvalue weighted by atomic mass is 16.2. The van der Waals surface area contributed by atoms with Crippen LogP contribution in [-0.2, 0) is 4.79 Å². The number of nitrogens with zero attached hydrogens (tertiary/aromatic N) is 1. The molecule has 1 aromatic heterocycles. The predicted molar refractivity (Wildman–Crippen MR) is 85.1 cm³/mol. The second kappa shape index (κ2) is 8.36. The first-order chi connectivity index (χ1) is 10.8. The minimum absolute atomic E-state index is 0.154. The van der Waals surface area contributed by atoms with Gasteiger partial charge in [0.1, 0.15) is 0 Å². The largest absolute Gasteiger partial charge is 0.351 e. The monoisotopic (exact) mass is 295 g/mol. The Hall–Kier alpha value is -2.95. The van der Waals surface area contributed by atoms with Crippen molar-refractivity contribution in [3.05, 3.63) is 72.1 Å². The third-order valence-corrected chi connectivity index (χ3v) is 2.84. The average Bonchev–Trinajstić information content (AvgIpc) is 2.58. The van der Waals surface area contributed by atoms with E-state index in [9.17, 15) is 9.59 Å². The van der Waals surface area contributed by atoms with Gasteiger partial charge in [-0.15, -0.1) is 0 Å². The zero-order chi connectivity index (χ0) is 15.6. The van der Waals surface area contributed by atoms with E-state index in [2.05, 4.69) is 15.6 Å². The molecule has 2 amide bonds. The third kappa shape index (κ3) is 5.20. The number of aromatic nitrogens is 1. The summed E-state index contributed by atoms with van der Waals surface area (Å²) in [6.07, 6.45) is 4.72. The fourth-order valence-corrected chi connectivity index (χ4v) is 1.75. The Balaban J connectivity index is 1.67. The first-order valence-electron chi connectivity index (χ1n) is 6.96. The van der Waals surface area contributed by atoms with Crippen LogP contribution in [0.15, 0.2) is 60.8 Å². The van der Waals surface area contributed by atoms with E-state index >= 15 is 0 Å². The Kier molecular flexibility index (Phi) is 5.87. The highest BCUT2D eigenvalue weighted by molar-refractivity contribution is 5.94. The van der Waals surface area contributed by atoms with Crippen molar-refractivity contribution >= 4 is 17.9 Å². The van der Waals surface area contributed by atoms with Crippen molar-refractivity contribution in [3.63, 3.8) is 0 Å². The van der Waals surface area contributed by atoms with Crippen molar-refractivity contribution in [1.29, 1.82) is 0 Å². The number of pyridine rings is 1. The van der Waals surface area contributed by atoms with Crippen LogP contribution < -0.4 is 10.6 Å². The number of hydrogen-bond donors (Lipinski definition) is 2. The number of carbonyl (C=O) groups is 2. The van der Waals surface area contributed by atoms with Gasteiger partial charge in [0.25, 0.3) is 5.91 Å². The van der Waals surface area contributed by atoms with Crippen LogP contribution in [0.2, 0.25) is 0 Å². The highest BCUT2D eigenvalue weighted by Crippen LogP contribution is 1.97. The fourth-order valence-electron chi connectivity index (χ4n) is 1.75. The number of benzene rings is 1. The minimum atomic E-state index is -0.223. The molecular formula is C17H17N3O2. The molecule has 0 saturated heterocycles. The van der Waals surface area contributed by atoms with Gasteiger partial charge >= 0.3 is 0 Å². The summed E-state index contributed by atoms with van der Waals surface area (Å²) in [6, 6.07) is 14.4. The van der Waals surface area contributed by atoms with Gasteiger partial charge < -0.3 is 10.6 Å². The molecule has 0 radical (unpaired) electrons. The van der Waals surface area contributed by atoms with Crippen LogP contribution in [0.1, 0.15) is 16.1 Å². The normalized spacial score (nSPS) is 10.4. The second-order valence-electron chi connectivity index (χ2n) is 4.50. The van der Waals surface area contributed by atoms with Gasteiger partial charge in [-0.05, 0) is 30.3 Å². The summed E-state index contributed by atoms with van der Waals surface area (Å²) < 4.78 is 0. The quantitative estimate of drug-likeness (QED) is 0.628. The summed E-state index contributed by atoms with van der Waals surface area (Å²) in [5.41, 5.74) is 1.32. The van der Waals surface area contributed by atoms with Crippen LogP contribution >= 0.6 is 0 Å². The van der Waals surface area contributed by atoms with Gasteiger partial charge in [-0.1, -0.05) is 24.3 Å². The third-order valence-electron chi connectivity index (χ3n) is 2.84. The Labute approximate surface area is 129 Å². The Morgan fingerprint density at radius 1 is 0.955 bits per heavy atom. The molecule has 0 aliphatic heterocycles. The average molecular weight is 295 g/mol. The Bertz CT molecular complexity index is 639. The molecule has 112 valence electrons. The van der Waals surface area contributed by atoms with Crippen molar-refractivity contribution in [2.24, 2.45) is 0 Å². The summed E-state index contributed by atoms with van der Waals surface area (Å²) in [6.45, 7) is 0.737. The number of amides is 2. The lowest BCUT2D eigenvalue weighted by Crippen LogP contribution is -2.33. The van der Waals surface area contributed by atoms with Crippen LogP contribution in [0, 0.1) is 0 Å². The van der Waals surface area contributed by atoms with Crippen molar-refractivity contribution in [2.75, 3.05) is 13.1 Å². The number of nitrogens with one attached hydrogen (secondary N) is 2. The van der Waals surface area contributed by atoms with E-state index in [4.69, 9.17) is 0 Å². The van der Waals surface area contributed by atoms with Gasteiger partial charge in [0.05, 0.1) is 5.69 Å². The van der Waals surface area contributed by atoms with Gasteiger partial charge in [0.2, 0.25) is 5.91 Å². The molecule has 0 saturated carbocycles. The van der Waals surface area contributed by atoms with E-state index in [1.165, 1.54) is 6.08 Å². The molecule has 1 heterocycles. The standard InChI is InChI=1S/C17H17N3O2/c21-16(10-9-15-8-4-5-11-18-15)19-12-13-20-17(22)14-6-2-1-3-7-14/h1-11H,12-13H2,(H,19,21)(H,20,22)/b10-9+. The predicted octanol–water partition coefficient (Wildman–Crippen LogP) is 1.64. The first kappa shape index (κ1) is 15.4. The second-order valence-corrected chi connectivity index (χ2v) is 4.50. The lowest BCUT2D eigenvalue weighted by Gasteiger charge is -2.05. The molecule has 0 spiro atoms. The molecule has 2 rings (SSSR count). The molecule has 5 nitrogen and oxygen atoms in total. The topological polar surface area (TPSA) is 71.1 Å². The molecule has 0 aliphatic rings. The lowest BCUT2D eigenvalue weighted by molar-refractivity contribution is -0.116. The van der Waals surface area contributed by atoms with E-state index in [0.717, 1.165) is 5.69 Å². The maximum absolute atomic E-state index is 11.8.